The van der Waals surface area contributed by atoms with E-state index >= 15 is 0 Å². The van der Waals surface area contributed by atoms with Gasteiger partial charge in [0, 0.05) is 22.4 Å². The number of amides is 1. The Balaban J connectivity index is 2.39. The molecule has 5 nitrogen and oxygen atoms in total. The van der Waals surface area contributed by atoms with Crippen LogP contribution in [0.15, 0.2) is 41.1 Å². The molecule has 0 saturated carbocycles. The summed E-state index contributed by atoms with van der Waals surface area (Å²) in [6.07, 6.45) is 3.07. The molecule has 3 N–H and O–H groups in total. The van der Waals surface area contributed by atoms with Crippen LogP contribution in [0, 0.1) is 0 Å². The van der Waals surface area contributed by atoms with Gasteiger partial charge in [0.15, 0.2) is 0 Å². The molecule has 0 bridgehead atoms. The number of aromatic nitrogens is 1. The fraction of sp³-hybridized carbons (Fsp3) is 0.0714. The number of nitrogens with zero attached hydrogens (tertiary/aromatic N) is 1. The first-order valence-electron chi connectivity index (χ1n) is 5.91. The SMILES string of the molecule is COc1cccc(C(N)=S)c1NC(=O)c1cncc(Br)c1. The van der Waals surface area contributed by atoms with Gasteiger partial charge in [-0.1, -0.05) is 18.3 Å². The van der Waals surface area contributed by atoms with E-state index in [9.17, 15) is 4.79 Å². The van der Waals surface area contributed by atoms with Crippen LogP contribution in [-0.2, 0) is 0 Å². The standard InChI is InChI=1S/C14H12BrN3O2S/c1-20-11-4-2-3-10(13(16)21)12(11)18-14(19)8-5-9(15)7-17-6-8/h2-7H,1H3,(H2,16,21)(H,18,19). The Labute approximate surface area is 135 Å². The lowest BCUT2D eigenvalue weighted by molar-refractivity contribution is 0.102. The van der Waals surface area contributed by atoms with Gasteiger partial charge in [0.2, 0.25) is 0 Å². The zero-order valence-corrected chi connectivity index (χ0v) is 13.5. The van der Waals surface area contributed by atoms with Gasteiger partial charge in [-0.25, -0.2) is 0 Å². The van der Waals surface area contributed by atoms with E-state index in [0.29, 0.717) is 27.0 Å². The maximum atomic E-state index is 12.3. The van der Waals surface area contributed by atoms with Crippen molar-refractivity contribution in [2.24, 2.45) is 5.73 Å². The van der Waals surface area contributed by atoms with Gasteiger partial charge in [-0.05, 0) is 34.1 Å². The van der Waals surface area contributed by atoms with Gasteiger partial charge >= 0.3 is 0 Å². The molecule has 108 valence electrons. The van der Waals surface area contributed by atoms with Crippen molar-refractivity contribution in [2.45, 2.75) is 0 Å². The van der Waals surface area contributed by atoms with E-state index in [2.05, 4.69) is 26.2 Å². The lowest BCUT2D eigenvalue weighted by atomic mass is 10.1. The predicted octanol–water partition coefficient (Wildman–Crippen LogP) is 2.74. The van der Waals surface area contributed by atoms with Gasteiger partial charge in [0.1, 0.15) is 10.7 Å². The smallest absolute Gasteiger partial charge is 0.257 e. The van der Waals surface area contributed by atoms with E-state index in [1.54, 1.807) is 30.5 Å². The number of para-hydroxylation sites is 1. The highest BCUT2D eigenvalue weighted by Crippen LogP contribution is 2.29. The number of nitrogens with one attached hydrogen (secondary N) is 1. The molecule has 0 unspecified atom stereocenters. The summed E-state index contributed by atoms with van der Waals surface area (Å²) in [5.41, 5.74) is 7.07. The van der Waals surface area contributed by atoms with E-state index in [4.69, 9.17) is 22.7 Å². The average Bonchev–Trinajstić information content (AvgIpc) is 2.47. The van der Waals surface area contributed by atoms with Gasteiger partial charge in [-0.15, -0.1) is 0 Å². The molecule has 1 amide bonds. The van der Waals surface area contributed by atoms with Crippen LogP contribution in [0.3, 0.4) is 0 Å². The summed E-state index contributed by atoms with van der Waals surface area (Å²) in [7, 11) is 1.51. The van der Waals surface area contributed by atoms with Gasteiger partial charge in [0.25, 0.3) is 5.91 Å². The first-order valence-corrected chi connectivity index (χ1v) is 7.11. The van der Waals surface area contributed by atoms with Gasteiger partial charge < -0.3 is 15.8 Å². The second-order valence-electron chi connectivity index (χ2n) is 4.09. The second kappa shape index (κ2) is 6.64. The fourth-order valence-corrected chi connectivity index (χ4v) is 2.29. The molecule has 21 heavy (non-hydrogen) atoms. The quantitative estimate of drug-likeness (QED) is 0.814. The van der Waals surface area contributed by atoms with Crippen molar-refractivity contribution in [1.82, 2.24) is 4.98 Å². The Kier molecular flexibility index (Phi) is 4.87. The van der Waals surface area contributed by atoms with Crippen molar-refractivity contribution in [2.75, 3.05) is 12.4 Å². The third-order valence-corrected chi connectivity index (χ3v) is 3.37. The van der Waals surface area contributed by atoms with E-state index in [1.807, 2.05) is 0 Å². The second-order valence-corrected chi connectivity index (χ2v) is 5.45. The van der Waals surface area contributed by atoms with Crippen LogP contribution in [0.25, 0.3) is 0 Å². The number of carbonyl (C=O) groups excluding carboxylic acids is 1. The van der Waals surface area contributed by atoms with Gasteiger partial charge in [-0.3, -0.25) is 9.78 Å². The van der Waals surface area contributed by atoms with Crippen LogP contribution >= 0.6 is 28.1 Å². The topological polar surface area (TPSA) is 77.2 Å². The van der Waals surface area contributed by atoms with Crippen molar-refractivity contribution in [3.63, 3.8) is 0 Å². The number of rotatable bonds is 4. The molecule has 1 aromatic heterocycles. The van der Waals surface area contributed by atoms with Crippen molar-refractivity contribution >= 4 is 44.7 Å². The zero-order valence-electron chi connectivity index (χ0n) is 11.1. The Morgan fingerprint density at radius 1 is 1.43 bits per heavy atom. The Hall–Kier alpha value is -1.99. The summed E-state index contributed by atoms with van der Waals surface area (Å²) in [6.45, 7) is 0. The van der Waals surface area contributed by atoms with Crippen LogP contribution in [-0.4, -0.2) is 23.0 Å². The van der Waals surface area contributed by atoms with E-state index in [-0.39, 0.29) is 10.9 Å². The molecule has 0 atom stereocenters. The summed E-state index contributed by atoms with van der Waals surface area (Å²) in [4.78, 5) is 16.4. The highest BCUT2D eigenvalue weighted by molar-refractivity contribution is 9.10. The van der Waals surface area contributed by atoms with E-state index in [0.717, 1.165) is 0 Å². The van der Waals surface area contributed by atoms with Crippen molar-refractivity contribution in [3.05, 3.63) is 52.3 Å². The number of halogens is 1. The highest BCUT2D eigenvalue weighted by Gasteiger charge is 2.15. The lowest BCUT2D eigenvalue weighted by Gasteiger charge is -2.14. The number of pyridine rings is 1. The summed E-state index contributed by atoms with van der Waals surface area (Å²) in [6, 6.07) is 6.86. The molecule has 0 radical (unpaired) electrons. The van der Waals surface area contributed by atoms with Crippen LogP contribution in [0.1, 0.15) is 15.9 Å². The van der Waals surface area contributed by atoms with Gasteiger partial charge in [0.05, 0.1) is 18.4 Å². The molecule has 0 aliphatic rings. The molecule has 2 aromatic rings. The first-order chi connectivity index (χ1) is 10.0. The minimum absolute atomic E-state index is 0.177. The molecule has 1 aromatic carbocycles. The molecule has 2 rings (SSSR count). The minimum atomic E-state index is -0.328. The number of carbonyl (C=O) groups is 1. The fourth-order valence-electron chi connectivity index (χ4n) is 1.76. The van der Waals surface area contributed by atoms with Gasteiger partial charge in [-0.2, -0.15) is 0 Å². The number of nitrogens with two attached hydrogens (primary N) is 1. The number of ether oxygens (including phenoxy) is 1. The number of thiocarbonyl (C=S) groups is 1. The highest BCUT2D eigenvalue weighted by atomic mass is 79.9. The Morgan fingerprint density at radius 3 is 2.81 bits per heavy atom. The molecule has 0 aliphatic carbocycles. The molecule has 7 heteroatoms. The number of hydrogen-bond acceptors (Lipinski definition) is 4. The molecule has 0 spiro atoms. The summed E-state index contributed by atoms with van der Waals surface area (Å²) >= 11 is 8.27. The molecular formula is C14H12BrN3O2S. The third kappa shape index (κ3) is 3.56. The predicted molar refractivity (Wildman–Crippen MR) is 88.8 cm³/mol. The van der Waals surface area contributed by atoms with Crippen molar-refractivity contribution in [1.29, 1.82) is 0 Å². The lowest BCUT2D eigenvalue weighted by Crippen LogP contribution is -2.18. The average molecular weight is 366 g/mol. The largest absolute Gasteiger partial charge is 0.495 e. The van der Waals surface area contributed by atoms with Crippen LogP contribution in [0.4, 0.5) is 5.69 Å². The number of anilines is 1. The molecular weight excluding hydrogens is 354 g/mol. The van der Waals surface area contributed by atoms with Crippen LogP contribution < -0.4 is 15.8 Å². The maximum absolute atomic E-state index is 12.3. The monoisotopic (exact) mass is 365 g/mol. The van der Waals surface area contributed by atoms with E-state index in [1.165, 1.54) is 13.3 Å². The van der Waals surface area contributed by atoms with Crippen LogP contribution in [0.2, 0.25) is 0 Å². The van der Waals surface area contributed by atoms with Crippen molar-refractivity contribution < 1.29 is 9.53 Å². The molecule has 0 fully saturated rings. The molecule has 0 saturated heterocycles. The molecule has 1 heterocycles. The Bertz CT molecular complexity index is 706. The van der Waals surface area contributed by atoms with E-state index < -0.39 is 0 Å². The normalized spacial score (nSPS) is 10.0. The summed E-state index contributed by atoms with van der Waals surface area (Å²) < 4.78 is 5.95. The Morgan fingerprint density at radius 2 is 2.19 bits per heavy atom. The number of methoxy groups -OCH3 is 1. The molecule has 0 aliphatic heterocycles. The maximum Gasteiger partial charge on any atom is 0.257 e. The number of benzene rings is 1. The summed E-state index contributed by atoms with van der Waals surface area (Å²) in [5, 5.41) is 2.76. The number of hydrogen-bond donors (Lipinski definition) is 2. The van der Waals surface area contributed by atoms with Crippen molar-refractivity contribution in [3.8, 4) is 5.75 Å². The first kappa shape index (κ1) is 15.4. The third-order valence-electron chi connectivity index (χ3n) is 2.72. The van der Waals surface area contributed by atoms with Crippen LogP contribution in [0.5, 0.6) is 5.75 Å². The minimum Gasteiger partial charge on any atom is -0.495 e. The summed E-state index contributed by atoms with van der Waals surface area (Å²) in [5.74, 6) is 0.155. The zero-order chi connectivity index (χ0) is 15.4.